The molecule has 1 fully saturated rings. The number of amides is 1. The van der Waals surface area contributed by atoms with Crippen molar-refractivity contribution in [2.75, 3.05) is 43.9 Å². The molecule has 7 nitrogen and oxygen atoms in total. The lowest BCUT2D eigenvalue weighted by molar-refractivity contribution is -0.132. The first-order valence-corrected chi connectivity index (χ1v) is 11.5. The Balaban J connectivity index is 1.39. The Hall–Kier alpha value is -2.87. The average Bonchev–Trinajstić information content (AvgIpc) is 2.80. The largest absolute Gasteiger partial charge is 0.340 e. The molecule has 172 valence electrons. The highest BCUT2D eigenvalue weighted by atomic mass is 35.5. The highest BCUT2D eigenvalue weighted by Crippen LogP contribution is 2.28. The standard InChI is InChI=1S/C24H26Cl2N6O/c1-16-15-27-24(30-23(16)28-19-7-8-20(25)21(26)14-19)29-18-5-3-17(4-6-18)13-22(33)32-11-9-31(2)10-12-32/h3-8,14-15H,9-13H2,1-2H3,(H2,27,28,29,30). The van der Waals surface area contributed by atoms with Crippen molar-refractivity contribution in [3.63, 3.8) is 0 Å². The maximum Gasteiger partial charge on any atom is 0.229 e. The Kier molecular flexibility index (Phi) is 7.33. The molecule has 2 N–H and O–H groups in total. The summed E-state index contributed by atoms with van der Waals surface area (Å²) < 4.78 is 0. The number of rotatable bonds is 6. The molecule has 2 aromatic carbocycles. The van der Waals surface area contributed by atoms with E-state index in [4.69, 9.17) is 23.2 Å². The molecule has 9 heteroatoms. The quantitative estimate of drug-likeness (QED) is 0.518. The van der Waals surface area contributed by atoms with Gasteiger partial charge in [-0.25, -0.2) is 4.98 Å². The van der Waals surface area contributed by atoms with Gasteiger partial charge in [-0.1, -0.05) is 35.3 Å². The van der Waals surface area contributed by atoms with E-state index < -0.39 is 0 Å². The summed E-state index contributed by atoms with van der Waals surface area (Å²) in [6, 6.07) is 13.1. The number of aromatic nitrogens is 2. The number of piperazine rings is 1. The minimum atomic E-state index is 0.170. The zero-order valence-electron chi connectivity index (χ0n) is 18.6. The van der Waals surface area contributed by atoms with Gasteiger partial charge in [0.25, 0.3) is 0 Å². The van der Waals surface area contributed by atoms with E-state index in [2.05, 4.69) is 32.5 Å². The normalized spacial score (nSPS) is 14.2. The zero-order valence-corrected chi connectivity index (χ0v) is 20.1. The molecular formula is C24H26Cl2N6O. The van der Waals surface area contributed by atoms with Gasteiger partial charge in [-0.2, -0.15) is 4.98 Å². The Morgan fingerprint density at radius 1 is 0.970 bits per heavy atom. The Labute approximate surface area is 203 Å². The molecule has 1 saturated heterocycles. The molecule has 1 aliphatic heterocycles. The third kappa shape index (κ3) is 6.13. The lowest BCUT2D eigenvalue weighted by Gasteiger charge is -2.32. The van der Waals surface area contributed by atoms with Gasteiger partial charge in [-0.15, -0.1) is 0 Å². The maximum atomic E-state index is 12.6. The summed E-state index contributed by atoms with van der Waals surface area (Å²) in [6.07, 6.45) is 2.15. The minimum absolute atomic E-state index is 0.170. The molecule has 0 aliphatic carbocycles. The van der Waals surface area contributed by atoms with Crippen LogP contribution in [0.25, 0.3) is 0 Å². The van der Waals surface area contributed by atoms with Gasteiger partial charge in [-0.3, -0.25) is 4.79 Å². The first kappa shape index (κ1) is 23.3. The van der Waals surface area contributed by atoms with Crippen LogP contribution < -0.4 is 10.6 Å². The van der Waals surface area contributed by atoms with Gasteiger partial charge in [0.1, 0.15) is 5.82 Å². The van der Waals surface area contributed by atoms with Gasteiger partial charge in [0.2, 0.25) is 11.9 Å². The number of likely N-dealkylation sites (N-methyl/N-ethyl adjacent to an activating group) is 1. The van der Waals surface area contributed by atoms with E-state index in [1.165, 1.54) is 0 Å². The Morgan fingerprint density at radius 3 is 2.36 bits per heavy atom. The molecule has 0 radical (unpaired) electrons. The van der Waals surface area contributed by atoms with Crippen molar-refractivity contribution in [3.8, 4) is 0 Å². The second-order valence-electron chi connectivity index (χ2n) is 8.16. The van der Waals surface area contributed by atoms with Crippen LogP contribution in [-0.4, -0.2) is 58.9 Å². The van der Waals surface area contributed by atoms with Crippen molar-refractivity contribution in [2.24, 2.45) is 0 Å². The van der Waals surface area contributed by atoms with E-state index in [1.807, 2.05) is 42.2 Å². The lowest BCUT2D eigenvalue weighted by atomic mass is 10.1. The Morgan fingerprint density at radius 2 is 1.67 bits per heavy atom. The maximum absolute atomic E-state index is 12.6. The molecule has 1 aromatic heterocycles. The monoisotopic (exact) mass is 484 g/mol. The van der Waals surface area contributed by atoms with Crippen LogP contribution in [0.15, 0.2) is 48.7 Å². The van der Waals surface area contributed by atoms with Crippen molar-refractivity contribution >= 4 is 52.3 Å². The van der Waals surface area contributed by atoms with Gasteiger partial charge < -0.3 is 20.4 Å². The van der Waals surface area contributed by atoms with E-state index in [-0.39, 0.29) is 5.91 Å². The number of nitrogens with zero attached hydrogens (tertiary/aromatic N) is 4. The predicted molar refractivity (Wildman–Crippen MR) is 134 cm³/mol. The minimum Gasteiger partial charge on any atom is -0.340 e. The van der Waals surface area contributed by atoms with Crippen LogP contribution in [0.5, 0.6) is 0 Å². The number of carbonyl (C=O) groups excluding carboxylic acids is 1. The molecule has 0 atom stereocenters. The van der Waals surface area contributed by atoms with Gasteiger partial charge in [0.05, 0.1) is 16.5 Å². The van der Waals surface area contributed by atoms with Crippen molar-refractivity contribution in [2.45, 2.75) is 13.3 Å². The number of halogens is 2. The average molecular weight is 485 g/mol. The molecule has 2 heterocycles. The summed E-state index contributed by atoms with van der Waals surface area (Å²) in [5, 5.41) is 7.44. The summed E-state index contributed by atoms with van der Waals surface area (Å²) in [5.74, 6) is 1.30. The van der Waals surface area contributed by atoms with Crippen molar-refractivity contribution in [1.82, 2.24) is 19.8 Å². The first-order valence-electron chi connectivity index (χ1n) is 10.8. The number of aryl methyl sites for hydroxylation is 1. The molecule has 3 aromatic rings. The van der Waals surface area contributed by atoms with Gasteiger partial charge >= 0.3 is 0 Å². The van der Waals surface area contributed by atoms with E-state index in [0.717, 1.165) is 48.7 Å². The molecule has 0 spiro atoms. The third-order valence-electron chi connectivity index (χ3n) is 5.58. The highest BCUT2D eigenvalue weighted by Gasteiger charge is 2.19. The number of benzene rings is 2. The van der Waals surface area contributed by atoms with Gasteiger partial charge in [0, 0.05) is 49.3 Å². The second-order valence-corrected chi connectivity index (χ2v) is 8.98. The fourth-order valence-electron chi connectivity index (χ4n) is 3.52. The van der Waals surface area contributed by atoms with Crippen LogP contribution in [-0.2, 0) is 11.2 Å². The van der Waals surface area contributed by atoms with Crippen molar-refractivity contribution in [1.29, 1.82) is 0 Å². The summed E-state index contributed by atoms with van der Waals surface area (Å²) in [4.78, 5) is 25.7. The van der Waals surface area contributed by atoms with Crippen LogP contribution in [0, 0.1) is 6.92 Å². The molecule has 0 bridgehead atoms. The molecule has 0 saturated carbocycles. The Bertz CT molecular complexity index is 1130. The van der Waals surface area contributed by atoms with E-state index >= 15 is 0 Å². The third-order valence-corrected chi connectivity index (χ3v) is 6.31. The van der Waals surface area contributed by atoms with Crippen LogP contribution in [0.2, 0.25) is 10.0 Å². The molecule has 0 unspecified atom stereocenters. The number of anilines is 4. The molecule has 1 amide bonds. The van der Waals surface area contributed by atoms with Crippen molar-refractivity contribution in [3.05, 3.63) is 69.8 Å². The van der Waals surface area contributed by atoms with Gasteiger partial charge in [0.15, 0.2) is 0 Å². The summed E-state index contributed by atoms with van der Waals surface area (Å²) in [6.45, 7) is 5.35. The second kappa shape index (κ2) is 10.4. The number of nitrogens with one attached hydrogen (secondary N) is 2. The summed E-state index contributed by atoms with van der Waals surface area (Å²) >= 11 is 12.1. The number of hydrogen-bond acceptors (Lipinski definition) is 6. The molecule has 4 rings (SSSR count). The fraction of sp³-hybridized carbons (Fsp3) is 0.292. The number of hydrogen-bond donors (Lipinski definition) is 2. The van der Waals surface area contributed by atoms with E-state index in [0.29, 0.717) is 28.2 Å². The SMILES string of the molecule is Cc1cnc(Nc2ccc(CC(=O)N3CCN(C)CC3)cc2)nc1Nc1ccc(Cl)c(Cl)c1. The smallest absolute Gasteiger partial charge is 0.229 e. The zero-order chi connectivity index (χ0) is 23.4. The fourth-order valence-corrected chi connectivity index (χ4v) is 3.81. The topological polar surface area (TPSA) is 73.4 Å². The summed E-state index contributed by atoms with van der Waals surface area (Å²) in [5.41, 5.74) is 3.50. The van der Waals surface area contributed by atoms with Crippen molar-refractivity contribution < 1.29 is 4.79 Å². The van der Waals surface area contributed by atoms with E-state index in [9.17, 15) is 4.79 Å². The molecule has 1 aliphatic rings. The van der Waals surface area contributed by atoms with Gasteiger partial charge in [-0.05, 0) is 49.9 Å². The van der Waals surface area contributed by atoms with Crippen LogP contribution in [0.4, 0.5) is 23.1 Å². The summed E-state index contributed by atoms with van der Waals surface area (Å²) in [7, 11) is 2.08. The molecular weight excluding hydrogens is 459 g/mol. The van der Waals surface area contributed by atoms with Crippen LogP contribution in [0.3, 0.4) is 0 Å². The number of carbonyl (C=O) groups is 1. The van der Waals surface area contributed by atoms with Crippen LogP contribution in [0.1, 0.15) is 11.1 Å². The van der Waals surface area contributed by atoms with Crippen LogP contribution >= 0.6 is 23.2 Å². The van der Waals surface area contributed by atoms with E-state index in [1.54, 1.807) is 18.3 Å². The molecule has 33 heavy (non-hydrogen) atoms. The predicted octanol–water partition coefficient (Wildman–Crippen LogP) is 4.90. The highest BCUT2D eigenvalue weighted by molar-refractivity contribution is 6.42. The lowest BCUT2D eigenvalue weighted by Crippen LogP contribution is -2.47. The first-order chi connectivity index (χ1) is 15.9.